The molecule has 1 saturated heterocycles. The molecule has 2 aliphatic heterocycles. The largest absolute Gasteiger partial charge is 0.477 e. The first-order chi connectivity index (χ1) is 7.57. The lowest BCUT2D eigenvalue weighted by Crippen LogP contribution is -2.68. The third-order valence-electron chi connectivity index (χ3n) is 2.61. The molecule has 2 heterocycles. The fourth-order valence-electron chi connectivity index (χ4n) is 1.87. The van der Waals surface area contributed by atoms with E-state index in [-0.39, 0.29) is 17.0 Å². The first-order valence-corrected chi connectivity index (χ1v) is 5.92. The molecule has 3 N–H and O–H groups in total. The van der Waals surface area contributed by atoms with E-state index < -0.39 is 12.0 Å². The smallest absolute Gasteiger partial charge is 0.352 e. The second kappa shape index (κ2) is 3.95. The number of allylic oxidation sites excluding steroid dienone is 2. The molecule has 86 valence electrons. The molecule has 2 atom stereocenters. The van der Waals surface area contributed by atoms with E-state index in [0.29, 0.717) is 11.3 Å². The van der Waals surface area contributed by atoms with Crippen LogP contribution in [-0.4, -0.2) is 39.1 Å². The van der Waals surface area contributed by atoms with Crippen LogP contribution in [0, 0.1) is 0 Å². The Hall–Kier alpha value is -1.27. The Morgan fingerprint density at radius 1 is 1.69 bits per heavy atom. The van der Waals surface area contributed by atoms with Crippen molar-refractivity contribution in [3.05, 3.63) is 23.4 Å². The van der Waals surface area contributed by atoms with Crippen LogP contribution < -0.4 is 5.73 Å². The van der Waals surface area contributed by atoms with Crippen LogP contribution in [0.4, 0.5) is 0 Å². The second-order valence-corrected chi connectivity index (χ2v) is 4.72. The van der Waals surface area contributed by atoms with E-state index in [1.807, 2.05) is 6.92 Å². The van der Waals surface area contributed by atoms with Gasteiger partial charge in [0.05, 0.1) is 0 Å². The van der Waals surface area contributed by atoms with Gasteiger partial charge in [0.25, 0.3) is 0 Å². The van der Waals surface area contributed by atoms with Crippen molar-refractivity contribution in [2.75, 3.05) is 5.75 Å². The number of fused-ring (bicyclic) bond motifs is 1. The van der Waals surface area contributed by atoms with Crippen LogP contribution in [-0.2, 0) is 9.59 Å². The lowest BCUT2D eigenvalue weighted by atomic mass is 10.0. The molecule has 6 heteroatoms. The Balaban J connectivity index is 2.41. The number of carboxylic acids is 1. The highest BCUT2D eigenvalue weighted by molar-refractivity contribution is 8.00. The summed E-state index contributed by atoms with van der Waals surface area (Å²) in [6.07, 6.45) is 3.49. The standard InChI is InChI=1S/C10H12N2O3S/c1-2-3-5-4-16-9-6(11)8(13)12(9)7(5)10(14)15/h2-3,6,9H,4,11H2,1H3,(H,14,15)/b3-2+/t6?,9-/m0/s1. The molecular weight excluding hydrogens is 228 g/mol. The predicted octanol–water partition coefficient (Wildman–Crippen LogP) is 0.144. The Labute approximate surface area is 97.0 Å². The van der Waals surface area contributed by atoms with Gasteiger partial charge in [-0.1, -0.05) is 12.2 Å². The van der Waals surface area contributed by atoms with E-state index in [2.05, 4.69) is 0 Å². The summed E-state index contributed by atoms with van der Waals surface area (Å²) in [5.74, 6) is -0.802. The van der Waals surface area contributed by atoms with Crippen LogP contribution in [0.25, 0.3) is 0 Å². The fraction of sp³-hybridized carbons (Fsp3) is 0.400. The average Bonchev–Trinajstić information content (AvgIpc) is 2.27. The van der Waals surface area contributed by atoms with Gasteiger partial charge in [0.1, 0.15) is 17.1 Å². The van der Waals surface area contributed by atoms with E-state index in [9.17, 15) is 9.59 Å². The number of hydrogen-bond acceptors (Lipinski definition) is 4. The summed E-state index contributed by atoms with van der Waals surface area (Å²) < 4.78 is 0. The number of rotatable bonds is 2. The van der Waals surface area contributed by atoms with Crippen molar-refractivity contribution in [2.24, 2.45) is 5.73 Å². The van der Waals surface area contributed by atoms with E-state index >= 15 is 0 Å². The van der Waals surface area contributed by atoms with Gasteiger partial charge in [0, 0.05) is 5.75 Å². The van der Waals surface area contributed by atoms with Crippen LogP contribution in [0.2, 0.25) is 0 Å². The van der Waals surface area contributed by atoms with E-state index in [1.165, 1.54) is 16.7 Å². The SMILES string of the molecule is C/C=C/C1=C(C(=O)O)N2C(=O)C(N)[C@@H]2SC1. The quantitative estimate of drug-likeness (QED) is 0.671. The molecule has 0 bridgehead atoms. The number of nitrogens with two attached hydrogens (primary N) is 1. The predicted molar refractivity (Wildman–Crippen MR) is 60.5 cm³/mol. The zero-order chi connectivity index (χ0) is 11.9. The number of thioether (sulfide) groups is 1. The van der Waals surface area contributed by atoms with Gasteiger partial charge in [0.15, 0.2) is 0 Å². The van der Waals surface area contributed by atoms with Gasteiger partial charge in [-0.15, -0.1) is 11.8 Å². The van der Waals surface area contributed by atoms with Crippen LogP contribution in [0.3, 0.4) is 0 Å². The number of nitrogens with zero attached hydrogens (tertiary/aromatic N) is 1. The maximum atomic E-state index is 11.5. The molecule has 0 radical (unpaired) electrons. The fourth-order valence-corrected chi connectivity index (χ4v) is 3.13. The Kier molecular flexibility index (Phi) is 2.77. The van der Waals surface area contributed by atoms with Crippen molar-refractivity contribution in [1.29, 1.82) is 0 Å². The summed E-state index contributed by atoms with van der Waals surface area (Å²) in [5, 5.41) is 8.91. The molecule has 0 aliphatic carbocycles. The van der Waals surface area contributed by atoms with Crippen LogP contribution >= 0.6 is 11.8 Å². The number of hydrogen-bond donors (Lipinski definition) is 2. The zero-order valence-electron chi connectivity index (χ0n) is 8.71. The molecule has 0 saturated carbocycles. The molecule has 2 aliphatic rings. The van der Waals surface area contributed by atoms with Gasteiger partial charge in [-0.25, -0.2) is 4.79 Å². The van der Waals surface area contributed by atoms with Crippen molar-refractivity contribution in [1.82, 2.24) is 4.90 Å². The normalized spacial score (nSPS) is 29.4. The molecule has 1 unspecified atom stereocenters. The average molecular weight is 240 g/mol. The zero-order valence-corrected chi connectivity index (χ0v) is 9.53. The molecule has 16 heavy (non-hydrogen) atoms. The molecule has 0 aromatic heterocycles. The van der Waals surface area contributed by atoms with Gasteiger partial charge in [-0.05, 0) is 12.5 Å². The van der Waals surface area contributed by atoms with Gasteiger partial charge in [-0.3, -0.25) is 9.69 Å². The van der Waals surface area contributed by atoms with Crippen LogP contribution in [0.15, 0.2) is 23.4 Å². The van der Waals surface area contributed by atoms with Gasteiger partial charge in [-0.2, -0.15) is 0 Å². The minimum Gasteiger partial charge on any atom is -0.477 e. The van der Waals surface area contributed by atoms with Crippen molar-refractivity contribution in [2.45, 2.75) is 18.3 Å². The third-order valence-corrected chi connectivity index (χ3v) is 3.93. The molecule has 1 amide bonds. The maximum absolute atomic E-state index is 11.5. The summed E-state index contributed by atoms with van der Waals surface area (Å²) in [6.45, 7) is 1.81. The lowest BCUT2D eigenvalue weighted by Gasteiger charge is -2.47. The van der Waals surface area contributed by atoms with Crippen molar-refractivity contribution < 1.29 is 14.7 Å². The summed E-state index contributed by atoms with van der Waals surface area (Å²) in [5.41, 5.74) is 6.35. The minimum atomic E-state index is -1.07. The van der Waals surface area contributed by atoms with Gasteiger partial charge in [0.2, 0.25) is 5.91 Å². The Morgan fingerprint density at radius 2 is 2.38 bits per heavy atom. The molecule has 0 aromatic rings. The van der Waals surface area contributed by atoms with E-state index in [4.69, 9.17) is 10.8 Å². The first-order valence-electron chi connectivity index (χ1n) is 4.87. The Bertz CT molecular complexity index is 416. The van der Waals surface area contributed by atoms with Crippen molar-refractivity contribution >= 4 is 23.6 Å². The molecule has 5 nitrogen and oxygen atoms in total. The minimum absolute atomic E-state index is 0.0774. The third kappa shape index (κ3) is 1.45. The molecule has 0 aromatic carbocycles. The number of β-lactam (4-membered cyclic amide) rings is 1. The van der Waals surface area contributed by atoms with E-state index in [1.54, 1.807) is 12.2 Å². The monoisotopic (exact) mass is 240 g/mol. The highest BCUT2D eigenvalue weighted by Crippen LogP contribution is 2.39. The molecular formula is C10H12N2O3S. The van der Waals surface area contributed by atoms with Crippen LogP contribution in [0.5, 0.6) is 0 Å². The second-order valence-electron chi connectivity index (χ2n) is 3.61. The topological polar surface area (TPSA) is 83.6 Å². The maximum Gasteiger partial charge on any atom is 0.352 e. The van der Waals surface area contributed by atoms with E-state index in [0.717, 1.165) is 0 Å². The number of carbonyl (C=O) groups is 2. The highest BCUT2D eigenvalue weighted by atomic mass is 32.2. The first kappa shape index (κ1) is 11.2. The van der Waals surface area contributed by atoms with Crippen LogP contribution in [0.1, 0.15) is 6.92 Å². The summed E-state index contributed by atoms with van der Waals surface area (Å²) in [7, 11) is 0. The lowest BCUT2D eigenvalue weighted by molar-refractivity contribution is -0.147. The number of carbonyl (C=O) groups excluding carboxylic acids is 1. The Morgan fingerprint density at radius 3 is 2.94 bits per heavy atom. The highest BCUT2D eigenvalue weighted by Gasteiger charge is 2.51. The molecule has 2 rings (SSSR count). The number of aliphatic carboxylic acids is 1. The number of carboxylic acid groups (broad SMARTS) is 1. The number of amides is 1. The summed E-state index contributed by atoms with van der Waals surface area (Å²) in [4.78, 5) is 24.0. The van der Waals surface area contributed by atoms with Gasteiger partial charge < -0.3 is 10.8 Å². The van der Waals surface area contributed by atoms with Crippen molar-refractivity contribution in [3.63, 3.8) is 0 Å². The molecule has 1 fully saturated rings. The molecule has 0 spiro atoms. The summed E-state index contributed by atoms with van der Waals surface area (Å²) >= 11 is 1.50. The summed E-state index contributed by atoms with van der Waals surface area (Å²) in [6, 6.07) is -0.563. The van der Waals surface area contributed by atoms with Crippen molar-refractivity contribution in [3.8, 4) is 0 Å². The van der Waals surface area contributed by atoms with Gasteiger partial charge >= 0.3 is 5.97 Å².